The van der Waals surface area contributed by atoms with Crippen LogP contribution in [0, 0.1) is 5.41 Å². The first-order chi connectivity index (χ1) is 5.86. The molecule has 1 saturated carbocycles. The third-order valence-corrected chi connectivity index (χ3v) is 4.01. The molecule has 1 aliphatic rings. The SMILES string of the molecule is CC1(C(O)S(=O)(=O)O)CCCCC1. The second-order valence-electron chi connectivity index (χ2n) is 4.08. The van der Waals surface area contributed by atoms with E-state index in [1.54, 1.807) is 6.92 Å². The lowest BCUT2D eigenvalue weighted by Gasteiger charge is -2.35. The smallest absolute Gasteiger partial charge is 0.292 e. The van der Waals surface area contributed by atoms with E-state index in [9.17, 15) is 13.5 Å². The summed E-state index contributed by atoms with van der Waals surface area (Å²) in [7, 11) is -4.31. The maximum Gasteiger partial charge on any atom is 0.292 e. The maximum atomic E-state index is 10.7. The highest BCUT2D eigenvalue weighted by molar-refractivity contribution is 7.86. The third kappa shape index (κ3) is 2.42. The van der Waals surface area contributed by atoms with Crippen LogP contribution in [0.2, 0.25) is 0 Å². The monoisotopic (exact) mass is 208 g/mol. The molecule has 0 aliphatic heterocycles. The van der Waals surface area contributed by atoms with Crippen LogP contribution in [-0.2, 0) is 10.1 Å². The molecule has 2 N–H and O–H groups in total. The van der Waals surface area contributed by atoms with Crippen molar-refractivity contribution in [2.24, 2.45) is 5.41 Å². The van der Waals surface area contributed by atoms with E-state index in [4.69, 9.17) is 4.55 Å². The van der Waals surface area contributed by atoms with E-state index >= 15 is 0 Å². The lowest BCUT2D eigenvalue weighted by atomic mass is 9.76. The van der Waals surface area contributed by atoms with Crippen LogP contribution in [0.4, 0.5) is 0 Å². The van der Waals surface area contributed by atoms with E-state index < -0.39 is 21.0 Å². The van der Waals surface area contributed by atoms with Crippen molar-refractivity contribution in [3.8, 4) is 0 Å². The Morgan fingerprint density at radius 1 is 1.23 bits per heavy atom. The zero-order valence-corrected chi connectivity index (χ0v) is 8.55. The summed E-state index contributed by atoms with van der Waals surface area (Å²) in [6, 6.07) is 0. The van der Waals surface area contributed by atoms with Gasteiger partial charge < -0.3 is 5.11 Å². The highest BCUT2D eigenvalue weighted by Crippen LogP contribution is 2.40. The summed E-state index contributed by atoms with van der Waals surface area (Å²) >= 11 is 0. The Morgan fingerprint density at radius 2 is 1.69 bits per heavy atom. The summed E-state index contributed by atoms with van der Waals surface area (Å²) in [5, 5.41) is 9.43. The van der Waals surface area contributed by atoms with Crippen molar-refractivity contribution in [2.45, 2.75) is 44.5 Å². The average Bonchev–Trinajstić information content (AvgIpc) is 2.03. The molecule has 0 spiro atoms. The van der Waals surface area contributed by atoms with Crippen LogP contribution in [0.25, 0.3) is 0 Å². The van der Waals surface area contributed by atoms with Crippen LogP contribution in [0.5, 0.6) is 0 Å². The van der Waals surface area contributed by atoms with Crippen LogP contribution in [0.3, 0.4) is 0 Å². The van der Waals surface area contributed by atoms with Gasteiger partial charge in [0.15, 0.2) is 5.44 Å². The fourth-order valence-corrected chi connectivity index (χ4v) is 2.92. The molecule has 1 rings (SSSR count). The summed E-state index contributed by atoms with van der Waals surface area (Å²) in [6.07, 6.45) is 4.24. The molecule has 0 amide bonds. The van der Waals surface area contributed by atoms with E-state index in [0.717, 1.165) is 19.3 Å². The highest BCUT2D eigenvalue weighted by atomic mass is 32.2. The molecule has 0 heterocycles. The van der Waals surface area contributed by atoms with E-state index in [1.807, 2.05) is 0 Å². The van der Waals surface area contributed by atoms with Crippen molar-refractivity contribution in [2.75, 3.05) is 0 Å². The summed E-state index contributed by atoms with van der Waals surface area (Å²) in [4.78, 5) is 0. The molecule has 5 heteroatoms. The second-order valence-corrected chi connectivity index (χ2v) is 5.56. The van der Waals surface area contributed by atoms with Crippen molar-refractivity contribution < 1.29 is 18.1 Å². The number of rotatable bonds is 2. The van der Waals surface area contributed by atoms with Crippen LogP contribution in [-0.4, -0.2) is 23.5 Å². The molecule has 0 aromatic carbocycles. The van der Waals surface area contributed by atoms with Gasteiger partial charge >= 0.3 is 0 Å². The van der Waals surface area contributed by atoms with E-state index in [0.29, 0.717) is 12.8 Å². The lowest BCUT2D eigenvalue weighted by molar-refractivity contribution is 0.0599. The Kier molecular flexibility index (Phi) is 2.99. The van der Waals surface area contributed by atoms with Crippen LogP contribution in [0.15, 0.2) is 0 Å². The highest BCUT2D eigenvalue weighted by Gasteiger charge is 2.41. The molecular formula is C8H16O4S. The molecule has 13 heavy (non-hydrogen) atoms. The van der Waals surface area contributed by atoms with Gasteiger partial charge in [0.1, 0.15) is 0 Å². The van der Waals surface area contributed by atoms with Gasteiger partial charge in [-0.3, -0.25) is 4.55 Å². The third-order valence-electron chi connectivity index (χ3n) is 2.87. The Balaban J connectivity index is 2.79. The first kappa shape index (κ1) is 10.9. The topological polar surface area (TPSA) is 74.6 Å². The molecule has 1 atom stereocenters. The standard InChI is InChI=1S/C8H16O4S/c1-8(5-3-2-4-6-8)7(9)13(10,11)12/h7,9H,2-6H2,1H3,(H,10,11,12). The molecule has 0 saturated heterocycles. The Hall–Kier alpha value is -0.130. The molecule has 0 radical (unpaired) electrons. The van der Waals surface area contributed by atoms with E-state index in [-0.39, 0.29) is 0 Å². The minimum Gasteiger partial charge on any atom is -0.375 e. The first-order valence-corrected chi connectivity index (χ1v) is 6.01. The normalized spacial score (nSPS) is 25.5. The van der Waals surface area contributed by atoms with Crippen LogP contribution >= 0.6 is 0 Å². The Bertz CT molecular complexity index is 264. The maximum absolute atomic E-state index is 10.7. The van der Waals surface area contributed by atoms with Gasteiger partial charge in [-0.25, -0.2) is 0 Å². The van der Waals surface area contributed by atoms with Crippen molar-refractivity contribution >= 4 is 10.1 Å². The fraction of sp³-hybridized carbons (Fsp3) is 1.00. The molecular weight excluding hydrogens is 192 g/mol. The molecule has 0 aromatic heterocycles. The van der Waals surface area contributed by atoms with Gasteiger partial charge in [-0.1, -0.05) is 26.2 Å². The fourth-order valence-electron chi connectivity index (χ4n) is 1.97. The largest absolute Gasteiger partial charge is 0.375 e. The minimum atomic E-state index is -4.31. The molecule has 4 nitrogen and oxygen atoms in total. The van der Waals surface area contributed by atoms with Gasteiger partial charge in [0.05, 0.1) is 0 Å². The average molecular weight is 208 g/mol. The van der Waals surface area contributed by atoms with Crippen LogP contribution < -0.4 is 0 Å². The predicted molar refractivity (Wildman–Crippen MR) is 48.7 cm³/mol. The number of aliphatic hydroxyl groups is 1. The van der Waals surface area contributed by atoms with Crippen molar-refractivity contribution in [3.63, 3.8) is 0 Å². The van der Waals surface area contributed by atoms with Gasteiger partial charge in [0, 0.05) is 5.41 Å². The molecule has 0 aromatic rings. The Labute approximate surface area is 78.7 Å². The van der Waals surface area contributed by atoms with Crippen molar-refractivity contribution in [3.05, 3.63) is 0 Å². The zero-order chi connectivity index (χ0) is 10.1. The molecule has 1 aliphatic carbocycles. The molecule has 78 valence electrons. The van der Waals surface area contributed by atoms with Gasteiger partial charge in [-0.15, -0.1) is 0 Å². The van der Waals surface area contributed by atoms with Crippen LogP contribution in [0.1, 0.15) is 39.0 Å². The lowest BCUT2D eigenvalue weighted by Crippen LogP contribution is -2.39. The number of aliphatic hydroxyl groups excluding tert-OH is 1. The summed E-state index contributed by atoms with van der Waals surface area (Å²) < 4.78 is 30.2. The van der Waals surface area contributed by atoms with Gasteiger partial charge in [0.25, 0.3) is 10.1 Å². The quantitative estimate of drug-likeness (QED) is 0.668. The number of hydrogen-bond donors (Lipinski definition) is 2. The van der Waals surface area contributed by atoms with Crippen molar-refractivity contribution in [1.29, 1.82) is 0 Å². The predicted octanol–water partition coefficient (Wildman–Crippen LogP) is 1.16. The minimum absolute atomic E-state index is 0.661. The molecule has 1 fully saturated rings. The summed E-state index contributed by atoms with van der Waals surface area (Å²) in [5.41, 5.74) is -2.29. The van der Waals surface area contributed by atoms with E-state index in [1.165, 1.54) is 0 Å². The first-order valence-electron chi connectivity index (χ1n) is 4.51. The Morgan fingerprint density at radius 3 is 2.08 bits per heavy atom. The zero-order valence-electron chi connectivity index (χ0n) is 7.73. The van der Waals surface area contributed by atoms with Gasteiger partial charge in [0.2, 0.25) is 0 Å². The summed E-state index contributed by atoms with van der Waals surface area (Å²) in [6.45, 7) is 1.71. The summed E-state index contributed by atoms with van der Waals surface area (Å²) in [5.74, 6) is 0. The number of hydrogen-bond acceptors (Lipinski definition) is 3. The van der Waals surface area contributed by atoms with Crippen molar-refractivity contribution in [1.82, 2.24) is 0 Å². The van der Waals surface area contributed by atoms with Gasteiger partial charge in [-0.05, 0) is 12.8 Å². The van der Waals surface area contributed by atoms with E-state index in [2.05, 4.69) is 0 Å². The molecule has 1 unspecified atom stereocenters. The molecule has 0 bridgehead atoms. The van der Waals surface area contributed by atoms with Gasteiger partial charge in [-0.2, -0.15) is 8.42 Å². The second kappa shape index (κ2) is 3.55.